The molecule has 0 aromatic carbocycles. The molecule has 0 unspecified atom stereocenters. The van der Waals surface area contributed by atoms with Crippen molar-refractivity contribution in [3.05, 3.63) is 23.2 Å². The number of ether oxygens (including phenoxy) is 1. The highest BCUT2D eigenvalue weighted by Crippen LogP contribution is 2.36. The number of hydrogen-bond acceptors (Lipinski definition) is 4. The van der Waals surface area contributed by atoms with E-state index in [4.69, 9.17) is 13.6 Å². The molecule has 120 valence electrons. The van der Waals surface area contributed by atoms with Crippen LogP contribution in [0.15, 0.2) is 10.7 Å². The molecule has 0 aliphatic carbocycles. The van der Waals surface area contributed by atoms with Gasteiger partial charge in [0.15, 0.2) is 8.32 Å². The van der Waals surface area contributed by atoms with Gasteiger partial charge in [-0.25, -0.2) is 4.79 Å². The topological polar surface area (TPSA) is 48.7 Å². The minimum absolute atomic E-state index is 0.184. The van der Waals surface area contributed by atoms with E-state index >= 15 is 0 Å². The van der Waals surface area contributed by atoms with Gasteiger partial charge in [0.2, 0.25) is 0 Å². The summed E-state index contributed by atoms with van der Waals surface area (Å²) in [6, 6.07) is 0. The molecule has 1 aromatic heterocycles. The number of carbonyl (C=O) groups excluding carboxylic acids is 1. The van der Waals surface area contributed by atoms with E-state index in [1.807, 2.05) is 0 Å². The zero-order valence-electron chi connectivity index (χ0n) is 14.3. The lowest BCUT2D eigenvalue weighted by atomic mass is 10.1. The number of aryl methyl sites for hydroxylation is 1. The third-order valence-corrected chi connectivity index (χ3v) is 8.71. The van der Waals surface area contributed by atoms with Crippen molar-refractivity contribution in [2.24, 2.45) is 0 Å². The van der Waals surface area contributed by atoms with Gasteiger partial charge in [0.05, 0.1) is 12.9 Å². The third-order valence-electron chi connectivity index (χ3n) is 4.17. The molecule has 0 spiro atoms. The van der Waals surface area contributed by atoms with E-state index in [1.165, 1.54) is 0 Å². The maximum atomic E-state index is 12.0. The van der Waals surface area contributed by atoms with Gasteiger partial charge in [0.25, 0.3) is 0 Å². The van der Waals surface area contributed by atoms with Gasteiger partial charge >= 0.3 is 5.97 Å². The van der Waals surface area contributed by atoms with E-state index in [-0.39, 0.29) is 11.0 Å². The second-order valence-electron chi connectivity index (χ2n) is 6.77. The van der Waals surface area contributed by atoms with E-state index in [2.05, 4.69) is 33.9 Å². The molecule has 0 radical (unpaired) electrons. The molecule has 0 atom stereocenters. The average molecular weight is 312 g/mol. The van der Waals surface area contributed by atoms with Crippen LogP contribution in [-0.2, 0) is 15.6 Å². The van der Waals surface area contributed by atoms with Gasteiger partial charge in [-0.1, -0.05) is 20.8 Å². The Kier molecular flexibility index (Phi) is 5.81. The molecule has 0 fully saturated rings. The highest BCUT2D eigenvalue weighted by atomic mass is 28.4. The number of rotatable bonds is 6. The van der Waals surface area contributed by atoms with Crippen molar-refractivity contribution in [3.8, 4) is 0 Å². The van der Waals surface area contributed by atoms with Gasteiger partial charge in [-0.05, 0) is 38.4 Å². The van der Waals surface area contributed by atoms with Gasteiger partial charge in [-0.2, -0.15) is 0 Å². The number of furan rings is 1. The summed E-state index contributed by atoms with van der Waals surface area (Å²) in [5.74, 6) is 0.293. The van der Waals surface area contributed by atoms with Crippen LogP contribution in [0.25, 0.3) is 0 Å². The molecule has 21 heavy (non-hydrogen) atoms. The van der Waals surface area contributed by atoms with Crippen LogP contribution in [0.3, 0.4) is 0 Å². The Balaban J connectivity index is 2.71. The van der Waals surface area contributed by atoms with Crippen LogP contribution < -0.4 is 0 Å². The summed E-state index contributed by atoms with van der Waals surface area (Å²) in [6.07, 6.45) is 2.30. The van der Waals surface area contributed by atoms with Crippen LogP contribution in [0.1, 0.15) is 49.4 Å². The minimum Gasteiger partial charge on any atom is -0.468 e. The zero-order valence-corrected chi connectivity index (χ0v) is 15.3. The van der Waals surface area contributed by atoms with Gasteiger partial charge in [-0.15, -0.1) is 0 Å². The normalized spacial score (nSPS) is 12.5. The molecule has 0 saturated carbocycles. The Labute approximate surface area is 128 Å². The van der Waals surface area contributed by atoms with Crippen molar-refractivity contribution < 1.29 is 18.4 Å². The lowest BCUT2D eigenvalue weighted by molar-refractivity contribution is 0.0523. The molecule has 1 rings (SSSR count). The van der Waals surface area contributed by atoms with Gasteiger partial charge in [0, 0.05) is 12.2 Å². The molecule has 0 aliphatic heterocycles. The van der Waals surface area contributed by atoms with E-state index < -0.39 is 8.32 Å². The summed E-state index contributed by atoms with van der Waals surface area (Å²) in [6.45, 7) is 15.6. The van der Waals surface area contributed by atoms with Crippen molar-refractivity contribution in [1.29, 1.82) is 0 Å². The van der Waals surface area contributed by atoms with E-state index in [0.29, 0.717) is 31.0 Å². The Hall–Kier alpha value is -1.07. The molecular weight excluding hydrogens is 284 g/mol. The van der Waals surface area contributed by atoms with Crippen LogP contribution in [0.4, 0.5) is 0 Å². The molecular formula is C16H28O4Si. The van der Waals surface area contributed by atoms with Crippen LogP contribution >= 0.6 is 0 Å². The van der Waals surface area contributed by atoms with Crippen LogP contribution in [0.2, 0.25) is 18.1 Å². The third kappa shape index (κ3) is 4.45. The lowest BCUT2D eigenvalue weighted by Crippen LogP contribution is -2.41. The first kappa shape index (κ1) is 18.0. The zero-order chi connectivity index (χ0) is 16.3. The minimum atomic E-state index is -1.76. The van der Waals surface area contributed by atoms with Crippen molar-refractivity contribution in [3.63, 3.8) is 0 Å². The van der Waals surface area contributed by atoms with Crippen molar-refractivity contribution in [2.75, 3.05) is 13.2 Å². The smallest absolute Gasteiger partial charge is 0.341 e. The Morgan fingerprint density at radius 2 is 1.95 bits per heavy atom. The highest BCUT2D eigenvalue weighted by molar-refractivity contribution is 6.74. The summed E-state index contributed by atoms with van der Waals surface area (Å²) in [4.78, 5) is 12.0. The Morgan fingerprint density at radius 3 is 2.48 bits per heavy atom. The lowest BCUT2D eigenvalue weighted by Gasteiger charge is -2.36. The molecule has 1 heterocycles. The predicted octanol–water partition coefficient (Wildman–Crippen LogP) is 4.33. The molecule has 0 aliphatic rings. The predicted molar refractivity (Wildman–Crippen MR) is 86.3 cm³/mol. The van der Waals surface area contributed by atoms with Crippen LogP contribution in [-0.4, -0.2) is 27.5 Å². The van der Waals surface area contributed by atoms with Gasteiger partial charge < -0.3 is 13.6 Å². The molecule has 0 bridgehead atoms. The summed E-state index contributed by atoms with van der Waals surface area (Å²) < 4.78 is 16.6. The number of carbonyl (C=O) groups is 1. The van der Waals surface area contributed by atoms with E-state index in [9.17, 15) is 4.79 Å². The second kappa shape index (κ2) is 6.79. The first-order valence-corrected chi connectivity index (χ1v) is 10.4. The fourth-order valence-electron chi connectivity index (χ4n) is 1.80. The van der Waals surface area contributed by atoms with Crippen LogP contribution in [0.5, 0.6) is 0 Å². The fraction of sp³-hybridized carbons (Fsp3) is 0.688. The molecule has 0 amide bonds. The average Bonchev–Trinajstić information content (AvgIpc) is 2.69. The largest absolute Gasteiger partial charge is 0.468 e. The van der Waals surface area contributed by atoms with Crippen LogP contribution in [0, 0.1) is 6.92 Å². The highest BCUT2D eigenvalue weighted by Gasteiger charge is 2.37. The summed E-state index contributed by atoms with van der Waals surface area (Å²) in [5.41, 5.74) is 1.42. The standard InChI is InChI=1S/C16H28O4Si/c1-8-18-15(17)14-12(2)19-11-13(14)9-10-20-21(6,7)16(3,4)5/h11H,8-10H2,1-7H3. The van der Waals surface area contributed by atoms with E-state index in [1.54, 1.807) is 20.1 Å². The Morgan fingerprint density at radius 1 is 1.33 bits per heavy atom. The number of hydrogen-bond donors (Lipinski definition) is 0. The summed E-state index contributed by atoms with van der Waals surface area (Å²) in [7, 11) is -1.76. The van der Waals surface area contributed by atoms with Crippen molar-refractivity contribution >= 4 is 14.3 Å². The molecule has 1 aromatic rings. The monoisotopic (exact) mass is 312 g/mol. The first-order valence-electron chi connectivity index (χ1n) is 7.48. The quantitative estimate of drug-likeness (QED) is 0.579. The second-order valence-corrected chi connectivity index (χ2v) is 11.6. The first-order chi connectivity index (χ1) is 9.60. The maximum absolute atomic E-state index is 12.0. The van der Waals surface area contributed by atoms with Crippen molar-refractivity contribution in [2.45, 2.75) is 59.2 Å². The molecule has 0 N–H and O–H groups in total. The summed E-state index contributed by atoms with van der Waals surface area (Å²) in [5, 5.41) is 0.184. The molecule has 5 heteroatoms. The molecule has 4 nitrogen and oxygen atoms in total. The fourth-order valence-corrected chi connectivity index (χ4v) is 2.84. The Bertz CT molecular complexity index is 483. The summed E-state index contributed by atoms with van der Waals surface area (Å²) >= 11 is 0. The number of esters is 1. The van der Waals surface area contributed by atoms with Crippen molar-refractivity contribution in [1.82, 2.24) is 0 Å². The van der Waals surface area contributed by atoms with Gasteiger partial charge in [0.1, 0.15) is 11.3 Å². The van der Waals surface area contributed by atoms with E-state index in [0.717, 1.165) is 5.56 Å². The SMILES string of the molecule is CCOC(=O)c1c(CCO[Si](C)(C)C(C)(C)C)coc1C. The van der Waals surface area contributed by atoms with Gasteiger partial charge in [-0.3, -0.25) is 0 Å². The molecule has 0 saturated heterocycles. The maximum Gasteiger partial charge on any atom is 0.341 e.